The molecule has 0 bridgehead atoms. The zero-order chi connectivity index (χ0) is 15.7. The maximum Gasteiger partial charge on any atom is 0.255 e. The van der Waals surface area contributed by atoms with Crippen molar-refractivity contribution in [2.24, 2.45) is 5.73 Å². The fourth-order valence-electron chi connectivity index (χ4n) is 2.68. The minimum atomic E-state index is 0.000344. The lowest BCUT2D eigenvalue weighted by molar-refractivity contribution is 0.395. The quantitative estimate of drug-likeness (QED) is 0.920. The molecule has 2 aromatic rings. The molecule has 5 nitrogen and oxygen atoms in total. The van der Waals surface area contributed by atoms with E-state index >= 15 is 0 Å². The van der Waals surface area contributed by atoms with Gasteiger partial charge in [-0.15, -0.1) is 0 Å². The van der Waals surface area contributed by atoms with Crippen molar-refractivity contribution in [3.63, 3.8) is 0 Å². The molecule has 22 heavy (non-hydrogen) atoms. The molecule has 3 rings (SSSR count). The SMILES string of the molecule is COc1ccc(-c2ccc(CN)c(=O)n2C2CC2)c(OC)c1. The molecular formula is C17H20N2O3. The van der Waals surface area contributed by atoms with Crippen molar-refractivity contribution in [3.05, 3.63) is 46.2 Å². The zero-order valence-electron chi connectivity index (χ0n) is 12.8. The summed E-state index contributed by atoms with van der Waals surface area (Å²) < 4.78 is 12.6. The summed E-state index contributed by atoms with van der Waals surface area (Å²) in [6.07, 6.45) is 2.05. The monoisotopic (exact) mass is 300 g/mol. The molecule has 0 saturated heterocycles. The van der Waals surface area contributed by atoms with Gasteiger partial charge in [0.1, 0.15) is 11.5 Å². The number of ether oxygens (including phenoxy) is 2. The van der Waals surface area contributed by atoms with E-state index in [1.54, 1.807) is 20.3 Å². The fraction of sp³-hybridized carbons (Fsp3) is 0.353. The van der Waals surface area contributed by atoms with Crippen LogP contribution in [0.5, 0.6) is 11.5 Å². The van der Waals surface area contributed by atoms with Crippen LogP contribution in [0.1, 0.15) is 24.4 Å². The van der Waals surface area contributed by atoms with Crippen LogP contribution in [0.4, 0.5) is 0 Å². The van der Waals surface area contributed by atoms with E-state index in [2.05, 4.69) is 0 Å². The second kappa shape index (κ2) is 5.85. The molecule has 1 fully saturated rings. The molecule has 5 heteroatoms. The highest BCUT2D eigenvalue weighted by atomic mass is 16.5. The van der Waals surface area contributed by atoms with Crippen LogP contribution in [0.25, 0.3) is 11.3 Å². The third kappa shape index (κ3) is 2.48. The minimum absolute atomic E-state index is 0.000344. The first kappa shape index (κ1) is 14.7. The molecule has 1 aromatic heterocycles. The van der Waals surface area contributed by atoms with Gasteiger partial charge >= 0.3 is 0 Å². The molecule has 1 aliphatic carbocycles. The number of aromatic nitrogens is 1. The summed E-state index contributed by atoms with van der Waals surface area (Å²) in [6.45, 7) is 0.256. The molecule has 1 aromatic carbocycles. The Morgan fingerprint density at radius 1 is 1.18 bits per heavy atom. The first-order valence-corrected chi connectivity index (χ1v) is 7.36. The number of nitrogens with two attached hydrogens (primary N) is 1. The Hall–Kier alpha value is -2.27. The minimum Gasteiger partial charge on any atom is -0.497 e. The second-order valence-corrected chi connectivity index (χ2v) is 5.42. The van der Waals surface area contributed by atoms with E-state index in [9.17, 15) is 4.79 Å². The van der Waals surface area contributed by atoms with Gasteiger partial charge in [-0.1, -0.05) is 6.07 Å². The van der Waals surface area contributed by atoms with Crippen molar-refractivity contribution < 1.29 is 9.47 Å². The Kier molecular flexibility index (Phi) is 3.90. The number of rotatable bonds is 5. The first-order valence-electron chi connectivity index (χ1n) is 7.36. The summed E-state index contributed by atoms with van der Waals surface area (Å²) in [4.78, 5) is 12.6. The van der Waals surface area contributed by atoms with Gasteiger partial charge < -0.3 is 19.8 Å². The van der Waals surface area contributed by atoms with Gasteiger partial charge in [-0.25, -0.2) is 0 Å². The van der Waals surface area contributed by atoms with Gasteiger partial charge in [0, 0.05) is 29.8 Å². The van der Waals surface area contributed by atoms with Crippen LogP contribution in [-0.2, 0) is 6.54 Å². The van der Waals surface area contributed by atoms with E-state index in [1.165, 1.54) is 0 Å². The Balaban J connectivity index is 2.20. The van der Waals surface area contributed by atoms with Crippen LogP contribution >= 0.6 is 0 Å². The number of hydrogen-bond donors (Lipinski definition) is 1. The summed E-state index contributed by atoms with van der Waals surface area (Å²) in [5.74, 6) is 1.41. The predicted molar refractivity (Wildman–Crippen MR) is 85.4 cm³/mol. The van der Waals surface area contributed by atoms with Gasteiger partial charge in [0.2, 0.25) is 0 Å². The van der Waals surface area contributed by atoms with Gasteiger partial charge in [-0.05, 0) is 31.0 Å². The van der Waals surface area contributed by atoms with Crippen LogP contribution in [-0.4, -0.2) is 18.8 Å². The molecule has 1 saturated carbocycles. The van der Waals surface area contributed by atoms with Gasteiger partial charge in [0.15, 0.2) is 0 Å². The molecule has 0 amide bonds. The van der Waals surface area contributed by atoms with Crippen LogP contribution in [0, 0.1) is 0 Å². The summed E-state index contributed by atoms with van der Waals surface area (Å²) in [7, 11) is 3.23. The maximum absolute atomic E-state index is 12.6. The highest BCUT2D eigenvalue weighted by Crippen LogP contribution is 2.40. The molecular weight excluding hydrogens is 280 g/mol. The highest BCUT2D eigenvalue weighted by molar-refractivity contribution is 5.69. The van der Waals surface area contributed by atoms with E-state index in [4.69, 9.17) is 15.2 Å². The lowest BCUT2D eigenvalue weighted by Gasteiger charge is -2.16. The number of nitrogens with zero attached hydrogens (tertiary/aromatic N) is 1. The number of hydrogen-bond acceptors (Lipinski definition) is 4. The lowest BCUT2D eigenvalue weighted by Crippen LogP contribution is -2.25. The smallest absolute Gasteiger partial charge is 0.255 e. The van der Waals surface area contributed by atoms with Crippen LogP contribution < -0.4 is 20.8 Å². The van der Waals surface area contributed by atoms with Gasteiger partial charge in [0.25, 0.3) is 5.56 Å². The molecule has 1 aliphatic rings. The molecule has 0 aliphatic heterocycles. The maximum atomic E-state index is 12.6. The molecule has 0 unspecified atom stereocenters. The molecule has 1 heterocycles. The normalized spacial score (nSPS) is 14.0. The fourth-order valence-corrected chi connectivity index (χ4v) is 2.68. The third-order valence-corrected chi connectivity index (χ3v) is 4.01. The number of pyridine rings is 1. The zero-order valence-corrected chi connectivity index (χ0v) is 12.8. The molecule has 0 spiro atoms. The van der Waals surface area contributed by atoms with Crippen molar-refractivity contribution in [2.45, 2.75) is 25.4 Å². The van der Waals surface area contributed by atoms with Crippen LogP contribution in [0.2, 0.25) is 0 Å². The molecule has 116 valence electrons. The van der Waals surface area contributed by atoms with Crippen molar-refractivity contribution >= 4 is 0 Å². The van der Waals surface area contributed by atoms with Crippen LogP contribution in [0.3, 0.4) is 0 Å². The summed E-state index contributed by atoms with van der Waals surface area (Å²) >= 11 is 0. The van der Waals surface area contributed by atoms with E-state index in [1.807, 2.05) is 28.8 Å². The molecule has 0 atom stereocenters. The van der Waals surface area contributed by atoms with E-state index in [0.717, 1.165) is 29.8 Å². The van der Waals surface area contributed by atoms with Gasteiger partial charge in [0.05, 0.1) is 19.9 Å². The van der Waals surface area contributed by atoms with Crippen molar-refractivity contribution in [2.75, 3.05) is 14.2 Å². The summed E-state index contributed by atoms with van der Waals surface area (Å²) in [5, 5.41) is 0. The lowest BCUT2D eigenvalue weighted by atomic mass is 10.1. The highest BCUT2D eigenvalue weighted by Gasteiger charge is 2.28. The first-order chi connectivity index (χ1) is 10.7. The van der Waals surface area contributed by atoms with Crippen LogP contribution in [0.15, 0.2) is 35.1 Å². The predicted octanol–water partition coefficient (Wildman–Crippen LogP) is 2.33. The Morgan fingerprint density at radius 2 is 1.95 bits per heavy atom. The third-order valence-electron chi connectivity index (χ3n) is 4.01. The van der Waals surface area contributed by atoms with E-state index in [0.29, 0.717) is 11.3 Å². The Labute approximate surface area is 129 Å². The topological polar surface area (TPSA) is 66.5 Å². The number of benzene rings is 1. The Bertz CT molecular complexity index is 748. The van der Waals surface area contributed by atoms with Crippen molar-refractivity contribution in [1.29, 1.82) is 0 Å². The van der Waals surface area contributed by atoms with Gasteiger partial charge in [-0.2, -0.15) is 0 Å². The average Bonchev–Trinajstić information content (AvgIpc) is 3.38. The summed E-state index contributed by atoms with van der Waals surface area (Å²) in [5.41, 5.74) is 8.06. The van der Waals surface area contributed by atoms with Gasteiger partial charge in [-0.3, -0.25) is 4.79 Å². The largest absolute Gasteiger partial charge is 0.497 e. The van der Waals surface area contributed by atoms with E-state index < -0.39 is 0 Å². The second-order valence-electron chi connectivity index (χ2n) is 5.42. The summed E-state index contributed by atoms with van der Waals surface area (Å²) in [6, 6.07) is 9.64. The van der Waals surface area contributed by atoms with E-state index in [-0.39, 0.29) is 18.1 Å². The molecule has 2 N–H and O–H groups in total. The standard InChI is InChI=1S/C17H20N2O3/c1-21-13-6-7-14(16(9-13)22-2)15-8-3-11(10-18)17(20)19(15)12-4-5-12/h3,6-9,12H,4-5,10,18H2,1-2H3. The Morgan fingerprint density at radius 3 is 2.55 bits per heavy atom. The van der Waals surface area contributed by atoms with Crippen molar-refractivity contribution in [3.8, 4) is 22.8 Å². The van der Waals surface area contributed by atoms with Crippen molar-refractivity contribution in [1.82, 2.24) is 4.57 Å². The average molecular weight is 300 g/mol. The molecule has 0 radical (unpaired) electrons. The number of methoxy groups -OCH3 is 2.